The predicted octanol–water partition coefficient (Wildman–Crippen LogP) is 2.79. The number of ether oxygens (including phenoxy) is 1. The molecule has 1 aliphatic heterocycles. The summed E-state index contributed by atoms with van der Waals surface area (Å²) in [4.78, 5) is 18.2. The fourth-order valence-corrected chi connectivity index (χ4v) is 2.91. The molecule has 0 spiro atoms. The van der Waals surface area contributed by atoms with Gasteiger partial charge in [0.2, 0.25) is 5.91 Å². The number of aromatic nitrogens is 1. The molecule has 8 heteroatoms. The van der Waals surface area contributed by atoms with Crippen molar-refractivity contribution >= 4 is 5.91 Å². The van der Waals surface area contributed by atoms with Crippen molar-refractivity contribution in [3.63, 3.8) is 0 Å². The number of halogens is 3. The van der Waals surface area contributed by atoms with Crippen LogP contribution in [0.1, 0.15) is 22.9 Å². The molecule has 1 atom stereocenters. The number of hydrogen-bond donors (Lipinski definition) is 1. The van der Waals surface area contributed by atoms with E-state index >= 15 is 0 Å². The Hall–Kier alpha value is -2.45. The van der Waals surface area contributed by atoms with Crippen molar-refractivity contribution in [3.05, 3.63) is 65.5 Å². The number of benzene rings is 1. The van der Waals surface area contributed by atoms with Crippen LogP contribution in [0.25, 0.3) is 0 Å². The lowest BCUT2D eigenvalue weighted by atomic mass is 10.0. The highest BCUT2D eigenvalue weighted by molar-refractivity contribution is 5.77. The second-order valence-corrected chi connectivity index (χ2v) is 6.32. The van der Waals surface area contributed by atoms with Gasteiger partial charge in [-0.25, -0.2) is 0 Å². The van der Waals surface area contributed by atoms with E-state index in [9.17, 15) is 18.0 Å². The zero-order valence-electron chi connectivity index (χ0n) is 14.6. The Morgan fingerprint density at radius 3 is 2.85 bits per heavy atom. The van der Waals surface area contributed by atoms with Crippen molar-refractivity contribution in [2.45, 2.75) is 18.8 Å². The number of nitrogens with zero attached hydrogens (tertiary/aromatic N) is 2. The highest BCUT2D eigenvalue weighted by Crippen LogP contribution is 2.32. The SMILES string of the molecule is O=C(CN1CCOC(c2cccc(C(F)(F)F)c2)C1)NCc1ccccn1. The van der Waals surface area contributed by atoms with Crippen molar-refractivity contribution in [3.8, 4) is 0 Å². The molecule has 1 amide bonds. The molecule has 0 bridgehead atoms. The molecule has 144 valence electrons. The van der Waals surface area contributed by atoms with E-state index in [4.69, 9.17) is 4.74 Å². The molecule has 3 rings (SSSR count). The van der Waals surface area contributed by atoms with E-state index < -0.39 is 17.8 Å². The van der Waals surface area contributed by atoms with Crippen LogP contribution in [-0.4, -0.2) is 42.0 Å². The molecule has 1 aliphatic rings. The van der Waals surface area contributed by atoms with E-state index in [1.54, 1.807) is 18.3 Å². The standard InChI is InChI=1S/C19H20F3N3O2/c20-19(21,22)15-5-3-4-14(10-15)17-12-25(8-9-27-17)13-18(26)24-11-16-6-1-2-7-23-16/h1-7,10,17H,8-9,11-13H2,(H,24,26). The second-order valence-electron chi connectivity index (χ2n) is 6.32. The zero-order valence-corrected chi connectivity index (χ0v) is 14.6. The van der Waals surface area contributed by atoms with Gasteiger partial charge in [0.05, 0.1) is 37.1 Å². The average molecular weight is 379 g/mol. The number of nitrogens with one attached hydrogen (secondary N) is 1. The molecule has 5 nitrogen and oxygen atoms in total. The first-order valence-corrected chi connectivity index (χ1v) is 8.59. The van der Waals surface area contributed by atoms with Gasteiger partial charge in [0.15, 0.2) is 0 Å². The monoisotopic (exact) mass is 379 g/mol. The van der Waals surface area contributed by atoms with Crippen LogP contribution < -0.4 is 5.32 Å². The summed E-state index contributed by atoms with van der Waals surface area (Å²) in [6.07, 6.45) is -3.23. The third kappa shape index (κ3) is 5.51. The lowest BCUT2D eigenvalue weighted by Crippen LogP contribution is -2.44. The maximum atomic E-state index is 12.9. The van der Waals surface area contributed by atoms with E-state index in [2.05, 4.69) is 10.3 Å². The molecular weight excluding hydrogens is 359 g/mol. The first kappa shape index (κ1) is 19.3. The molecule has 1 N–H and O–H groups in total. The molecule has 1 saturated heterocycles. The summed E-state index contributed by atoms with van der Waals surface area (Å²) in [6.45, 7) is 1.76. The first-order chi connectivity index (χ1) is 12.9. The first-order valence-electron chi connectivity index (χ1n) is 8.59. The van der Waals surface area contributed by atoms with Gasteiger partial charge in [0.25, 0.3) is 0 Å². The average Bonchev–Trinajstić information content (AvgIpc) is 2.67. The fourth-order valence-electron chi connectivity index (χ4n) is 2.91. The summed E-state index contributed by atoms with van der Waals surface area (Å²) in [5.74, 6) is -0.162. The Balaban J connectivity index is 1.55. The topological polar surface area (TPSA) is 54.5 Å². The third-order valence-electron chi connectivity index (χ3n) is 4.30. The predicted molar refractivity (Wildman–Crippen MR) is 92.7 cm³/mol. The van der Waals surface area contributed by atoms with Gasteiger partial charge < -0.3 is 10.1 Å². The molecule has 1 unspecified atom stereocenters. The van der Waals surface area contributed by atoms with Gasteiger partial charge in [-0.2, -0.15) is 13.2 Å². The van der Waals surface area contributed by atoms with E-state index in [1.807, 2.05) is 17.0 Å². The highest BCUT2D eigenvalue weighted by atomic mass is 19.4. The Bertz CT molecular complexity index is 768. The smallest absolute Gasteiger partial charge is 0.371 e. The summed E-state index contributed by atoms with van der Waals surface area (Å²) in [7, 11) is 0. The Kier molecular flexibility index (Phi) is 6.08. The molecule has 2 aromatic rings. The van der Waals surface area contributed by atoms with Gasteiger partial charge in [-0.05, 0) is 29.8 Å². The summed E-state index contributed by atoms with van der Waals surface area (Å²) in [5.41, 5.74) is 0.520. The summed E-state index contributed by atoms with van der Waals surface area (Å²) < 4.78 is 44.3. The van der Waals surface area contributed by atoms with Crippen LogP contribution in [-0.2, 0) is 22.3 Å². The number of carbonyl (C=O) groups is 1. The van der Waals surface area contributed by atoms with E-state index in [0.717, 1.165) is 17.8 Å². The second kappa shape index (κ2) is 8.49. The van der Waals surface area contributed by atoms with Crippen LogP contribution in [0, 0.1) is 0 Å². The van der Waals surface area contributed by atoms with E-state index in [0.29, 0.717) is 31.8 Å². The molecule has 1 aromatic carbocycles. The lowest BCUT2D eigenvalue weighted by Gasteiger charge is -2.32. The number of pyridine rings is 1. The van der Waals surface area contributed by atoms with Crippen molar-refractivity contribution in [2.24, 2.45) is 0 Å². The maximum absolute atomic E-state index is 12.9. The quantitative estimate of drug-likeness (QED) is 0.868. The number of morpholine rings is 1. The van der Waals surface area contributed by atoms with Crippen LogP contribution in [0.5, 0.6) is 0 Å². The van der Waals surface area contributed by atoms with Gasteiger partial charge >= 0.3 is 6.18 Å². The lowest BCUT2D eigenvalue weighted by molar-refractivity contribution is -0.137. The Morgan fingerprint density at radius 2 is 2.11 bits per heavy atom. The largest absolute Gasteiger partial charge is 0.416 e. The Morgan fingerprint density at radius 1 is 1.26 bits per heavy atom. The summed E-state index contributed by atoms with van der Waals surface area (Å²) >= 11 is 0. The molecule has 0 radical (unpaired) electrons. The summed E-state index contributed by atoms with van der Waals surface area (Å²) in [5, 5.41) is 2.80. The van der Waals surface area contributed by atoms with Crippen LogP contribution in [0.15, 0.2) is 48.7 Å². The van der Waals surface area contributed by atoms with Crippen LogP contribution in [0.3, 0.4) is 0 Å². The molecular formula is C19H20F3N3O2. The van der Waals surface area contributed by atoms with E-state index in [1.165, 1.54) is 6.07 Å². The van der Waals surface area contributed by atoms with Gasteiger partial charge in [-0.3, -0.25) is 14.7 Å². The summed E-state index contributed by atoms with van der Waals surface area (Å²) in [6, 6.07) is 10.6. The molecule has 0 saturated carbocycles. The van der Waals surface area contributed by atoms with Gasteiger partial charge in [-0.1, -0.05) is 18.2 Å². The minimum atomic E-state index is -4.39. The third-order valence-corrected chi connectivity index (χ3v) is 4.30. The number of hydrogen-bond acceptors (Lipinski definition) is 4. The van der Waals surface area contributed by atoms with Crippen molar-refractivity contribution in [2.75, 3.05) is 26.2 Å². The normalized spacial score (nSPS) is 18.3. The molecule has 0 aliphatic carbocycles. The molecule has 1 fully saturated rings. The molecule has 1 aromatic heterocycles. The Labute approximate surface area is 155 Å². The van der Waals surface area contributed by atoms with E-state index in [-0.39, 0.29) is 12.5 Å². The van der Waals surface area contributed by atoms with Crippen LogP contribution >= 0.6 is 0 Å². The van der Waals surface area contributed by atoms with Crippen molar-refractivity contribution < 1.29 is 22.7 Å². The minimum Gasteiger partial charge on any atom is -0.371 e. The number of carbonyl (C=O) groups excluding carboxylic acids is 1. The van der Waals surface area contributed by atoms with Crippen molar-refractivity contribution in [1.29, 1.82) is 0 Å². The number of alkyl halides is 3. The number of amides is 1. The van der Waals surface area contributed by atoms with Gasteiger partial charge in [0, 0.05) is 19.3 Å². The van der Waals surface area contributed by atoms with Crippen LogP contribution in [0.2, 0.25) is 0 Å². The molecule has 27 heavy (non-hydrogen) atoms. The number of rotatable bonds is 5. The van der Waals surface area contributed by atoms with Gasteiger partial charge in [-0.15, -0.1) is 0 Å². The zero-order chi connectivity index (χ0) is 19.3. The van der Waals surface area contributed by atoms with Crippen LogP contribution in [0.4, 0.5) is 13.2 Å². The van der Waals surface area contributed by atoms with Crippen molar-refractivity contribution in [1.82, 2.24) is 15.2 Å². The maximum Gasteiger partial charge on any atom is 0.416 e. The fraction of sp³-hybridized carbons (Fsp3) is 0.368. The molecule has 2 heterocycles. The van der Waals surface area contributed by atoms with Gasteiger partial charge in [0.1, 0.15) is 0 Å². The minimum absolute atomic E-state index is 0.158. The highest BCUT2D eigenvalue weighted by Gasteiger charge is 2.32.